The van der Waals surface area contributed by atoms with Gasteiger partial charge in [-0.05, 0) is 37.5 Å². The molecule has 0 radical (unpaired) electrons. The van der Waals surface area contributed by atoms with Crippen LogP contribution in [0.3, 0.4) is 0 Å². The Hall–Kier alpha value is -1.17. The van der Waals surface area contributed by atoms with E-state index in [9.17, 15) is 0 Å². The zero-order valence-electron chi connectivity index (χ0n) is 10.4. The van der Waals surface area contributed by atoms with Gasteiger partial charge < -0.3 is 10.1 Å². The highest BCUT2D eigenvalue weighted by Gasteiger charge is 2.20. The van der Waals surface area contributed by atoms with E-state index >= 15 is 0 Å². The van der Waals surface area contributed by atoms with Gasteiger partial charge in [-0.1, -0.05) is 11.6 Å². The highest BCUT2D eigenvalue weighted by atomic mass is 35.5. The van der Waals surface area contributed by atoms with Crippen LogP contribution in [0.15, 0.2) is 18.2 Å². The monoisotopic (exact) mass is 263 g/mol. The van der Waals surface area contributed by atoms with E-state index < -0.39 is 0 Å². The molecule has 1 aromatic rings. The molecule has 0 atom stereocenters. The van der Waals surface area contributed by atoms with Gasteiger partial charge in [-0.15, -0.1) is 12.3 Å². The molecule has 0 amide bonds. The first-order valence-corrected chi connectivity index (χ1v) is 6.75. The maximum Gasteiger partial charge on any atom is 0.123 e. The predicted octanol–water partition coefficient (Wildman–Crippen LogP) is 3.38. The molecule has 1 saturated carbocycles. The Bertz CT molecular complexity index is 435. The third-order valence-corrected chi connectivity index (χ3v) is 3.14. The molecule has 1 aliphatic carbocycles. The molecule has 0 spiro atoms. The van der Waals surface area contributed by atoms with Gasteiger partial charge in [-0.2, -0.15) is 0 Å². The van der Waals surface area contributed by atoms with E-state index in [0.717, 1.165) is 35.7 Å². The van der Waals surface area contributed by atoms with Crippen molar-refractivity contribution in [3.63, 3.8) is 0 Å². The summed E-state index contributed by atoms with van der Waals surface area (Å²) in [4.78, 5) is 0. The Balaban J connectivity index is 1.91. The van der Waals surface area contributed by atoms with Gasteiger partial charge in [0.2, 0.25) is 0 Å². The zero-order valence-corrected chi connectivity index (χ0v) is 11.2. The van der Waals surface area contributed by atoms with Crippen LogP contribution in [-0.2, 0) is 6.54 Å². The van der Waals surface area contributed by atoms with Crippen molar-refractivity contribution in [3.05, 3.63) is 28.8 Å². The van der Waals surface area contributed by atoms with Gasteiger partial charge in [0, 0.05) is 29.6 Å². The molecule has 1 N–H and O–H groups in total. The average molecular weight is 264 g/mol. The third-order valence-electron chi connectivity index (χ3n) is 2.90. The summed E-state index contributed by atoms with van der Waals surface area (Å²) in [5.74, 6) is 3.52. The minimum atomic E-state index is 0.655. The van der Waals surface area contributed by atoms with E-state index in [0.29, 0.717) is 12.6 Å². The first-order chi connectivity index (χ1) is 8.79. The topological polar surface area (TPSA) is 21.3 Å². The first-order valence-electron chi connectivity index (χ1n) is 6.37. The Kier molecular flexibility index (Phi) is 4.92. The SMILES string of the molecule is C#CCCCOc1ccc(Cl)cc1CNC1CC1. The van der Waals surface area contributed by atoms with E-state index in [1.165, 1.54) is 12.8 Å². The number of rotatable bonds is 7. The number of benzene rings is 1. The number of terminal acetylenes is 1. The predicted molar refractivity (Wildman–Crippen MR) is 74.9 cm³/mol. The summed E-state index contributed by atoms with van der Waals surface area (Å²) in [5, 5.41) is 4.22. The van der Waals surface area contributed by atoms with E-state index in [-0.39, 0.29) is 0 Å². The van der Waals surface area contributed by atoms with Crippen molar-refractivity contribution in [1.82, 2.24) is 5.32 Å². The van der Waals surface area contributed by atoms with Crippen molar-refractivity contribution < 1.29 is 4.74 Å². The molecule has 1 fully saturated rings. The molecule has 3 heteroatoms. The fourth-order valence-corrected chi connectivity index (χ4v) is 1.92. The lowest BCUT2D eigenvalue weighted by Crippen LogP contribution is -2.16. The van der Waals surface area contributed by atoms with Gasteiger partial charge in [-0.3, -0.25) is 0 Å². The van der Waals surface area contributed by atoms with Crippen LogP contribution in [0.2, 0.25) is 5.02 Å². The smallest absolute Gasteiger partial charge is 0.123 e. The number of hydrogen-bond donors (Lipinski definition) is 1. The van der Waals surface area contributed by atoms with Crippen molar-refractivity contribution in [2.75, 3.05) is 6.61 Å². The Morgan fingerprint density at radius 2 is 2.28 bits per heavy atom. The summed E-state index contributed by atoms with van der Waals surface area (Å²) in [6.07, 6.45) is 9.40. The lowest BCUT2D eigenvalue weighted by molar-refractivity contribution is 0.309. The molecule has 1 aliphatic rings. The molecule has 0 saturated heterocycles. The van der Waals surface area contributed by atoms with Gasteiger partial charge >= 0.3 is 0 Å². The van der Waals surface area contributed by atoms with Crippen molar-refractivity contribution in [1.29, 1.82) is 0 Å². The lowest BCUT2D eigenvalue weighted by atomic mass is 10.2. The zero-order chi connectivity index (χ0) is 12.8. The van der Waals surface area contributed by atoms with Crippen molar-refractivity contribution in [2.24, 2.45) is 0 Å². The average Bonchev–Trinajstić information content (AvgIpc) is 3.18. The Morgan fingerprint density at radius 3 is 3.00 bits per heavy atom. The van der Waals surface area contributed by atoms with Crippen molar-refractivity contribution in [3.8, 4) is 18.1 Å². The molecule has 1 aromatic carbocycles. The standard InChI is InChI=1S/C15H18ClNO/c1-2-3-4-9-18-15-8-5-13(16)10-12(15)11-17-14-6-7-14/h1,5,8,10,14,17H,3-4,6-7,9,11H2. The number of ether oxygens (including phenoxy) is 1. The van der Waals surface area contributed by atoms with E-state index in [1.807, 2.05) is 18.2 Å². The summed E-state index contributed by atoms with van der Waals surface area (Å²) in [6, 6.07) is 6.44. The van der Waals surface area contributed by atoms with Crippen LogP contribution in [0, 0.1) is 12.3 Å². The second-order valence-electron chi connectivity index (χ2n) is 4.56. The largest absolute Gasteiger partial charge is 0.493 e. The highest BCUT2D eigenvalue weighted by Crippen LogP contribution is 2.25. The normalized spacial score (nSPS) is 14.2. The Morgan fingerprint density at radius 1 is 1.44 bits per heavy atom. The van der Waals surface area contributed by atoms with Crippen LogP contribution in [0.1, 0.15) is 31.2 Å². The Labute approximate surface area is 114 Å². The maximum absolute atomic E-state index is 6.02. The van der Waals surface area contributed by atoms with Crippen LogP contribution < -0.4 is 10.1 Å². The minimum absolute atomic E-state index is 0.655. The third kappa shape index (κ3) is 4.25. The number of hydrogen-bond acceptors (Lipinski definition) is 2. The molecule has 96 valence electrons. The van der Waals surface area contributed by atoms with Gasteiger partial charge in [0.25, 0.3) is 0 Å². The van der Waals surface area contributed by atoms with Crippen LogP contribution in [0.5, 0.6) is 5.75 Å². The van der Waals surface area contributed by atoms with Crippen molar-refractivity contribution >= 4 is 11.6 Å². The molecule has 2 nitrogen and oxygen atoms in total. The molecule has 0 aromatic heterocycles. The maximum atomic E-state index is 6.02. The lowest BCUT2D eigenvalue weighted by Gasteiger charge is -2.12. The van der Waals surface area contributed by atoms with Gasteiger partial charge in [0.15, 0.2) is 0 Å². The molecule has 0 aliphatic heterocycles. The van der Waals surface area contributed by atoms with Crippen LogP contribution in [-0.4, -0.2) is 12.6 Å². The number of unbranched alkanes of at least 4 members (excludes halogenated alkanes) is 1. The van der Waals surface area contributed by atoms with Gasteiger partial charge in [-0.25, -0.2) is 0 Å². The minimum Gasteiger partial charge on any atom is -0.493 e. The number of nitrogens with one attached hydrogen (secondary N) is 1. The molecule has 0 heterocycles. The molecule has 18 heavy (non-hydrogen) atoms. The van der Waals surface area contributed by atoms with E-state index in [4.69, 9.17) is 22.8 Å². The second kappa shape index (κ2) is 6.68. The van der Waals surface area contributed by atoms with E-state index in [2.05, 4.69) is 11.2 Å². The fourth-order valence-electron chi connectivity index (χ4n) is 1.73. The highest BCUT2D eigenvalue weighted by molar-refractivity contribution is 6.30. The first kappa shape index (κ1) is 13.3. The molecule has 0 unspecified atom stereocenters. The van der Waals surface area contributed by atoms with E-state index in [1.54, 1.807) is 0 Å². The summed E-state index contributed by atoms with van der Waals surface area (Å²) < 4.78 is 5.75. The second-order valence-corrected chi connectivity index (χ2v) is 5.00. The summed E-state index contributed by atoms with van der Waals surface area (Å²) in [6.45, 7) is 1.47. The van der Waals surface area contributed by atoms with Crippen LogP contribution in [0.4, 0.5) is 0 Å². The van der Waals surface area contributed by atoms with Gasteiger partial charge in [0.05, 0.1) is 6.61 Å². The van der Waals surface area contributed by atoms with Gasteiger partial charge in [0.1, 0.15) is 5.75 Å². The summed E-state index contributed by atoms with van der Waals surface area (Å²) in [5.41, 5.74) is 1.12. The summed E-state index contributed by atoms with van der Waals surface area (Å²) in [7, 11) is 0. The number of halogens is 1. The molecule has 2 rings (SSSR count). The van der Waals surface area contributed by atoms with Crippen LogP contribution >= 0.6 is 11.6 Å². The molecule has 0 bridgehead atoms. The molecular formula is C15H18ClNO. The van der Waals surface area contributed by atoms with Crippen molar-refractivity contribution in [2.45, 2.75) is 38.3 Å². The quantitative estimate of drug-likeness (QED) is 0.602. The fraction of sp³-hybridized carbons (Fsp3) is 0.467. The van der Waals surface area contributed by atoms with Crippen LogP contribution in [0.25, 0.3) is 0 Å². The molecular weight excluding hydrogens is 246 g/mol. The summed E-state index contributed by atoms with van der Waals surface area (Å²) >= 11 is 6.02.